The maximum atomic E-state index is 5.46. The van der Waals surface area contributed by atoms with E-state index in [2.05, 4.69) is 41.3 Å². The first-order valence-electron chi connectivity index (χ1n) is 7.77. The average Bonchev–Trinajstić information content (AvgIpc) is 2.97. The van der Waals surface area contributed by atoms with Crippen molar-refractivity contribution >= 4 is 0 Å². The number of aromatic nitrogens is 2. The van der Waals surface area contributed by atoms with Crippen molar-refractivity contribution in [2.24, 2.45) is 5.92 Å². The molecule has 1 aliphatic rings. The Bertz CT molecular complexity index is 553. The Hall–Kier alpha value is -1.68. The number of hydrogen-bond donors (Lipinski definition) is 0. The van der Waals surface area contributed by atoms with Gasteiger partial charge in [0.05, 0.1) is 0 Å². The summed E-state index contributed by atoms with van der Waals surface area (Å²) >= 11 is 0. The van der Waals surface area contributed by atoms with Gasteiger partial charge in [-0.05, 0) is 30.7 Å². The van der Waals surface area contributed by atoms with Crippen LogP contribution in [0.5, 0.6) is 0 Å². The Kier molecular flexibility index (Phi) is 4.65. The smallest absolute Gasteiger partial charge is 0.230 e. The average molecular weight is 286 g/mol. The molecule has 0 radical (unpaired) electrons. The molecule has 4 heteroatoms. The molecule has 0 bridgehead atoms. The summed E-state index contributed by atoms with van der Waals surface area (Å²) in [6.45, 7) is 3.76. The molecular weight excluding hydrogens is 264 g/mol. The summed E-state index contributed by atoms with van der Waals surface area (Å²) < 4.78 is 10.9. The first kappa shape index (κ1) is 14.3. The number of hydrogen-bond acceptors (Lipinski definition) is 4. The van der Waals surface area contributed by atoms with Crippen molar-refractivity contribution in [3.63, 3.8) is 0 Å². The lowest BCUT2D eigenvalue weighted by Crippen LogP contribution is -2.23. The Morgan fingerprint density at radius 2 is 2.05 bits per heavy atom. The minimum Gasteiger partial charge on any atom is -0.381 e. The van der Waals surface area contributed by atoms with E-state index in [0.29, 0.717) is 11.8 Å². The molecule has 112 valence electrons. The third kappa shape index (κ3) is 3.70. The predicted molar refractivity (Wildman–Crippen MR) is 80.1 cm³/mol. The van der Waals surface area contributed by atoms with Crippen LogP contribution in [0, 0.1) is 5.92 Å². The summed E-state index contributed by atoms with van der Waals surface area (Å²) in [5.74, 6) is 2.44. The lowest BCUT2D eigenvalue weighted by molar-refractivity contribution is 0.0392. The number of nitrogens with zero attached hydrogens (tertiary/aromatic N) is 2. The number of ether oxygens (including phenoxy) is 1. The first-order valence-corrected chi connectivity index (χ1v) is 7.77. The van der Waals surface area contributed by atoms with Gasteiger partial charge in [-0.1, -0.05) is 42.4 Å². The molecule has 2 unspecified atom stereocenters. The van der Waals surface area contributed by atoms with Crippen LogP contribution in [0.3, 0.4) is 0 Å². The zero-order valence-electron chi connectivity index (χ0n) is 12.5. The van der Waals surface area contributed by atoms with Crippen molar-refractivity contribution in [2.45, 2.75) is 38.5 Å². The Balaban J connectivity index is 1.53. The lowest BCUT2D eigenvalue weighted by Gasteiger charge is -2.25. The van der Waals surface area contributed by atoms with Crippen LogP contribution in [0.4, 0.5) is 0 Å². The summed E-state index contributed by atoms with van der Waals surface area (Å²) in [6, 6.07) is 10.5. The van der Waals surface area contributed by atoms with Gasteiger partial charge < -0.3 is 9.26 Å². The highest BCUT2D eigenvalue weighted by atomic mass is 16.5. The molecule has 1 aliphatic heterocycles. The fraction of sp³-hybridized carbons (Fsp3) is 0.529. The Labute approximate surface area is 125 Å². The van der Waals surface area contributed by atoms with Crippen LogP contribution >= 0.6 is 0 Å². The molecule has 0 N–H and O–H groups in total. The zero-order valence-corrected chi connectivity index (χ0v) is 12.5. The van der Waals surface area contributed by atoms with Crippen molar-refractivity contribution < 1.29 is 9.26 Å². The van der Waals surface area contributed by atoms with E-state index in [0.717, 1.165) is 50.6 Å². The van der Waals surface area contributed by atoms with E-state index in [4.69, 9.17) is 9.26 Å². The quantitative estimate of drug-likeness (QED) is 0.845. The third-order valence-electron chi connectivity index (χ3n) is 4.15. The highest BCUT2D eigenvalue weighted by Crippen LogP contribution is 2.30. The van der Waals surface area contributed by atoms with Crippen LogP contribution < -0.4 is 0 Å². The standard InChI is InChI=1S/C17H22N2O2/c1-13-12-20-11-10-15(13)17-18-16(19-21-17)9-5-8-14-6-3-2-4-7-14/h2-4,6-7,13,15H,5,8-12H2,1H3. The largest absolute Gasteiger partial charge is 0.381 e. The molecule has 0 saturated carbocycles. The summed E-state index contributed by atoms with van der Waals surface area (Å²) in [7, 11) is 0. The lowest BCUT2D eigenvalue weighted by atomic mass is 9.90. The summed E-state index contributed by atoms with van der Waals surface area (Å²) in [5, 5.41) is 4.13. The molecule has 4 nitrogen and oxygen atoms in total. The van der Waals surface area contributed by atoms with Crippen molar-refractivity contribution in [1.29, 1.82) is 0 Å². The highest BCUT2D eigenvalue weighted by molar-refractivity contribution is 5.14. The van der Waals surface area contributed by atoms with Crippen LogP contribution in [-0.4, -0.2) is 23.4 Å². The zero-order chi connectivity index (χ0) is 14.5. The number of aryl methyl sites for hydroxylation is 2. The maximum Gasteiger partial charge on any atom is 0.230 e. The van der Waals surface area contributed by atoms with Crippen molar-refractivity contribution in [2.75, 3.05) is 13.2 Å². The van der Waals surface area contributed by atoms with E-state index < -0.39 is 0 Å². The van der Waals surface area contributed by atoms with Gasteiger partial charge in [-0.15, -0.1) is 0 Å². The first-order chi connectivity index (χ1) is 10.3. The van der Waals surface area contributed by atoms with Gasteiger partial charge in [0.25, 0.3) is 0 Å². The molecule has 3 rings (SSSR count). The van der Waals surface area contributed by atoms with Crippen LogP contribution in [0.1, 0.15) is 43.0 Å². The topological polar surface area (TPSA) is 48.2 Å². The van der Waals surface area contributed by atoms with Gasteiger partial charge in [0.15, 0.2) is 5.82 Å². The fourth-order valence-corrected chi connectivity index (χ4v) is 2.86. The second-order valence-electron chi connectivity index (χ2n) is 5.84. The minimum absolute atomic E-state index is 0.356. The molecule has 1 aromatic heterocycles. The van der Waals surface area contributed by atoms with E-state index in [1.54, 1.807) is 0 Å². The van der Waals surface area contributed by atoms with Crippen molar-refractivity contribution in [3.8, 4) is 0 Å². The van der Waals surface area contributed by atoms with Gasteiger partial charge >= 0.3 is 0 Å². The molecule has 1 aromatic carbocycles. The summed E-state index contributed by atoms with van der Waals surface area (Å²) in [6.07, 6.45) is 3.95. The predicted octanol–water partition coefficient (Wildman–Crippen LogP) is 3.38. The van der Waals surface area contributed by atoms with Gasteiger partial charge in [-0.3, -0.25) is 0 Å². The highest BCUT2D eigenvalue weighted by Gasteiger charge is 2.28. The molecular formula is C17H22N2O2. The maximum absolute atomic E-state index is 5.46. The van der Waals surface area contributed by atoms with E-state index in [-0.39, 0.29) is 0 Å². The molecule has 2 atom stereocenters. The number of benzene rings is 1. The summed E-state index contributed by atoms with van der Waals surface area (Å²) in [5.41, 5.74) is 1.36. The van der Waals surface area contributed by atoms with E-state index in [1.165, 1.54) is 5.56 Å². The van der Waals surface area contributed by atoms with Crippen molar-refractivity contribution in [3.05, 3.63) is 47.6 Å². The van der Waals surface area contributed by atoms with E-state index in [1.807, 2.05) is 6.07 Å². The van der Waals surface area contributed by atoms with Crippen LogP contribution in [0.2, 0.25) is 0 Å². The second-order valence-corrected chi connectivity index (χ2v) is 5.84. The van der Waals surface area contributed by atoms with Crippen molar-refractivity contribution in [1.82, 2.24) is 10.1 Å². The Morgan fingerprint density at radius 1 is 1.19 bits per heavy atom. The molecule has 1 saturated heterocycles. The fourth-order valence-electron chi connectivity index (χ4n) is 2.86. The number of rotatable bonds is 5. The van der Waals surface area contributed by atoms with Gasteiger partial charge in [-0.25, -0.2) is 0 Å². The van der Waals surface area contributed by atoms with Gasteiger partial charge in [-0.2, -0.15) is 4.98 Å². The second kappa shape index (κ2) is 6.85. The molecule has 0 spiro atoms. The molecule has 2 heterocycles. The minimum atomic E-state index is 0.356. The molecule has 0 amide bonds. The molecule has 0 aliphatic carbocycles. The Morgan fingerprint density at radius 3 is 2.86 bits per heavy atom. The monoisotopic (exact) mass is 286 g/mol. The van der Waals surface area contributed by atoms with E-state index in [9.17, 15) is 0 Å². The van der Waals surface area contributed by atoms with Gasteiger partial charge in [0.1, 0.15) is 0 Å². The molecule has 1 fully saturated rings. The van der Waals surface area contributed by atoms with Crippen LogP contribution in [0.25, 0.3) is 0 Å². The normalized spacial score (nSPS) is 22.3. The molecule has 2 aromatic rings. The third-order valence-corrected chi connectivity index (χ3v) is 4.15. The van der Waals surface area contributed by atoms with Gasteiger partial charge in [0.2, 0.25) is 5.89 Å². The van der Waals surface area contributed by atoms with Gasteiger partial charge in [0, 0.05) is 25.6 Å². The van der Waals surface area contributed by atoms with E-state index >= 15 is 0 Å². The van der Waals surface area contributed by atoms with Crippen LogP contribution in [-0.2, 0) is 17.6 Å². The molecule has 21 heavy (non-hydrogen) atoms. The van der Waals surface area contributed by atoms with Crippen LogP contribution in [0.15, 0.2) is 34.9 Å². The summed E-state index contributed by atoms with van der Waals surface area (Å²) in [4.78, 5) is 4.58. The SMILES string of the molecule is CC1COCCC1c1nc(CCCc2ccccc2)no1.